The first kappa shape index (κ1) is 25.2. The quantitative estimate of drug-likeness (QED) is 0.515. The Labute approximate surface area is 186 Å². The van der Waals surface area contributed by atoms with E-state index in [1.807, 2.05) is 5.32 Å². The summed E-state index contributed by atoms with van der Waals surface area (Å²) >= 11 is 5.70. The molecule has 13 heteroatoms. The maximum atomic E-state index is 12.2. The van der Waals surface area contributed by atoms with Gasteiger partial charge in [0, 0.05) is 10.6 Å². The molecular weight excluding hydrogens is 474 g/mol. The zero-order valence-electron chi connectivity index (χ0n) is 16.4. The van der Waals surface area contributed by atoms with Gasteiger partial charge in [0.2, 0.25) is 10.0 Å². The summed E-state index contributed by atoms with van der Waals surface area (Å²) in [5.74, 6) is -3.08. The third kappa shape index (κ3) is 7.55. The minimum absolute atomic E-state index is 0.0321. The van der Waals surface area contributed by atoms with Crippen LogP contribution < -0.4 is 14.8 Å². The summed E-state index contributed by atoms with van der Waals surface area (Å²) in [5, 5.41) is 2.26. The average Bonchev–Trinajstić information content (AvgIpc) is 2.72. The standard InChI is InChI=1S/C19H17ClF2N2O7S/c1-11(24-32(28,29)15-8-4-13(20)5-9-15)18(27)30-10-16(25)23-17(26)12-2-6-14(7-3-12)31-19(21)22/h2-9,11,19,24H,10H2,1H3,(H,23,25,26). The largest absolute Gasteiger partial charge is 0.454 e. The molecule has 2 N–H and O–H groups in total. The Bertz CT molecular complexity index is 1080. The Balaban J connectivity index is 1.84. The van der Waals surface area contributed by atoms with Gasteiger partial charge in [-0.1, -0.05) is 11.6 Å². The van der Waals surface area contributed by atoms with E-state index >= 15 is 0 Å². The van der Waals surface area contributed by atoms with Crippen molar-refractivity contribution in [3.8, 4) is 5.75 Å². The summed E-state index contributed by atoms with van der Waals surface area (Å²) < 4.78 is 59.7. The molecule has 0 spiro atoms. The molecule has 1 atom stereocenters. The molecule has 2 rings (SSSR count). The summed E-state index contributed by atoms with van der Waals surface area (Å²) in [7, 11) is -4.05. The smallest absolute Gasteiger partial charge is 0.387 e. The SMILES string of the molecule is CC(NS(=O)(=O)c1ccc(Cl)cc1)C(=O)OCC(=O)NC(=O)c1ccc(OC(F)F)cc1. The lowest BCUT2D eigenvalue weighted by Gasteiger charge is -2.13. The van der Waals surface area contributed by atoms with Crippen LogP contribution in [0.1, 0.15) is 17.3 Å². The maximum absolute atomic E-state index is 12.2. The number of carbonyl (C=O) groups is 3. The zero-order chi connectivity index (χ0) is 23.9. The van der Waals surface area contributed by atoms with E-state index in [1.165, 1.54) is 31.2 Å². The molecule has 9 nitrogen and oxygen atoms in total. The van der Waals surface area contributed by atoms with Crippen LogP contribution in [0, 0.1) is 0 Å². The summed E-state index contributed by atoms with van der Waals surface area (Å²) in [4.78, 5) is 35.6. The highest BCUT2D eigenvalue weighted by Gasteiger charge is 2.24. The molecule has 1 unspecified atom stereocenters. The number of hydrogen-bond acceptors (Lipinski definition) is 7. The lowest BCUT2D eigenvalue weighted by Crippen LogP contribution is -2.41. The van der Waals surface area contributed by atoms with E-state index in [2.05, 4.69) is 9.46 Å². The topological polar surface area (TPSA) is 128 Å². The lowest BCUT2D eigenvalue weighted by atomic mass is 10.2. The second-order valence-electron chi connectivity index (χ2n) is 6.18. The van der Waals surface area contributed by atoms with Gasteiger partial charge in [0.1, 0.15) is 11.8 Å². The lowest BCUT2D eigenvalue weighted by molar-refractivity contribution is -0.149. The van der Waals surface area contributed by atoms with Gasteiger partial charge in [0.15, 0.2) is 6.61 Å². The predicted octanol–water partition coefficient (Wildman–Crippen LogP) is 2.11. The van der Waals surface area contributed by atoms with Crippen LogP contribution in [0.15, 0.2) is 53.4 Å². The molecule has 0 radical (unpaired) electrons. The highest BCUT2D eigenvalue weighted by molar-refractivity contribution is 7.89. The highest BCUT2D eigenvalue weighted by atomic mass is 35.5. The maximum Gasteiger partial charge on any atom is 0.387 e. The van der Waals surface area contributed by atoms with E-state index in [1.54, 1.807) is 0 Å². The minimum atomic E-state index is -4.05. The number of nitrogens with one attached hydrogen (secondary N) is 2. The number of hydrogen-bond donors (Lipinski definition) is 2. The van der Waals surface area contributed by atoms with Gasteiger partial charge in [-0.05, 0) is 55.5 Å². The Kier molecular flexibility index (Phi) is 8.63. The number of esters is 1. The average molecular weight is 491 g/mol. The Morgan fingerprint density at radius 1 is 1.03 bits per heavy atom. The van der Waals surface area contributed by atoms with Crippen molar-refractivity contribution in [2.24, 2.45) is 0 Å². The van der Waals surface area contributed by atoms with Crippen LogP contribution >= 0.6 is 11.6 Å². The van der Waals surface area contributed by atoms with Crippen LogP contribution in [-0.2, 0) is 24.3 Å². The van der Waals surface area contributed by atoms with Gasteiger partial charge in [-0.2, -0.15) is 13.5 Å². The first-order valence-corrected chi connectivity index (χ1v) is 10.7. The van der Waals surface area contributed by atoms with Crippen molar-refractivity contribution in [2.45, 2.75) is 24.5 Å². The molecule has 0 bridgehead atoms. The van der Waals surface area contributed by atoms with Crippen LogP contribution in [0.4, 0.5) is 8.78 Å². The molecule has 0 saturated carbocycles. The molecule has 0 aliphatic carbocycles. The Morgan fingerprint density at radius 2 is 1.62 bits per heavy atom. The third-order valence-corrected chi connectivity index (χ3v) is 5.56. The third-order valence-electron chi connectivity index (χ3n) is 3.75. The molecule has 0 fully saturated rings. The van der Waals surface area contributed by atoms with Crippen molar-refractivity contribution < 1.29 is 41.1 Å². The van der Waals surface area contributed by atoms with Crippen molar-refractivity contribution >= 4 is 39.4 Å². The van der Waals surface area contributed by atoms with E-state index in [0.717, 1.165) is 24.3 Å². The fourth-order valence-electron chi connectivity index (χ4n) is 2.25. The van der Waals surface area contributed by atoms with Gasteiger partial charge in [0.25, 0.3) is 11.8 Å². The molecule has 2 amide bonds. The van der Waals surface area contributed by atoms with Crippen LogP contribution in [-0.4, -0.2) is 45.5 Å². The second-order valence-corrected chi connectivity index (χ2v) is 8.34. The molecule has 0 heterocycles. The van der Waals surface area contributed by atoms with Crippen LogP contribution in [0.5, 0.6) is 5.75 Å². The van der Waals surface area contributed by atoms with Crippen LogP contribution in [0.2, 0.25) is 5.02 Å². The number of imide groups is 1. The molecule has 0 aliphatic rings. The number of ether oxygens (including phenoxy) is 2. The van der Waals surface area contributed by atoms with Crippen molar-refractivity contribution in [3.05, 3.63) is 59.1 Å². The molecule has 0 saturated heterocycles. The van der Waals surface area contributed by atoms with Crippen molar-refractivity contribution in [3.63, 3.8) is 0 Å². The summed E-state index contributed by atoms with van der Waals surface area (Å²) in [5.41, 5.74) is -0.0321. The van der Waals surface area contributed by atoms with Gasteiger partial charge in [-0.3, -0.25) is 19.7 Å². The van der Waals surface area contributed by atoms with E-state index in [9.17, 15) is 31.6 Å². The Hall–Kier alpha value is -3.09. The zero-order valence-corrected chi connectivity index (χ0v) is 18.0. The number of benzene rings is 2. The summed E-state index contributed by atoms with van der Waals surface area (Å²) in [6.07, 6.45) is 0. The van der Waals surface area contributed by atoms with Gasteiger partial charge in [-0.25, -0.2) is 8.42 Å². The number of halogens is 3. The molecule has 0 aliphatic heterocycles. The van der Waals surface area contributed by atoms with E-state index in [0.29, 0.717) is 5.02 Å². The Morgan fingerprint density at radius 3 is 2.19 bits per heavy atom. The number of carbonyl (C=O) groups excluding carboxylic acids is 3. The number of rotatable bonds is 9. The van der Waals surface area contributed by atoms with E-state index in [-0.39, 0.29) is 16.2 Å². The molecule has 32 heavy (non-hydrogen) atoms. The number of alkyl halides is 2. The second kappa shape index (κ2) is 11.0. The molecule has 172 valence electrons. The predicted molar refractivity (Wildman–Crippen MR) is 108 cm³/mol. The van der Waals surface area contributed by atoms with E-state index < -0.39 is 47.1 Å². The summed E-state index contributed by atoms with van der Waals surface area (Å²) in [6.45, 7) is -2.67. The number of sulfonamides is 1. The van der Waals surface area contributed by atoms with Crippen LogP contribution in [0.3, 0.4) is 0 Å². The highest BCUT2D eigenvalue weighted by Crippen LogP contribution is 2.15. The van der Waals surface area contributed by atoms with Gasteiger partial charge < -0.3 is 9.47 Å². The van der Waals surface area contributed by atoms with Gasteiger partial charge in [0.05, 0.1) is 4.90 Å². The van der Waals surface area contributed by atoms with Gasteiger partial charge >= 0.3 is 12.6 Å². The van der Waals surface area contributed by atoms with Crippen molar-refractivity contribution in [2.75, 3.05) is 6.61 Å². The van der Waals surface area contributed by atoms with Crippen LogP contribution in [0.25, 0.3) is 0 Å². The molecular formula is C19H17ClF2N2O7S. The fraction of sp³-hybridized carbons (Fsp3) is 0.211. The van der Waals surface area contributed by atoms with E-state index in [4.69, 9.17) is 16.3 Å². The molecule has 2 aromatic rings. The normalized spacial score (nSPS) is 12.2. The summed E-state index contributed by atoms with van der Waals surface area (Å²) in [6, 6.07) is 8.41. The van der Waals surface area contributed by atoms with Crippen molar-refractivity contribution in [1.82, 2.24) is 10.0 Å². The fourth-order valence-corrected chi connectivity index (χ4v) is 3.57. The first-order valence-electron chi connectivity index (χ1n) is 8.81. The minimum Gasteiger partial charge on any atom is -0.454 e. The first-order chi connectivity index (χ1) is 15.0. The molecule has 0 aromatic heterocycles. The van der Waals surface area contributed by atoms with Gasteiger partial charge in [-0.15, -0.1) is 0 Å². The van der Waals surface area contributed by atoms with Crippen molar-refractivity contribution in [1.29, 1.82) is 0 Å². The molecule has 2 aromatic carbocycles. The monoisotopic (exact) mass is 490 g/mol. The number of amides is 2.